The normalized spacial score (nSPS) is 10.6. The highest BCUT2D eigenvalue weighted by molar-refractivity contribution is 6.05. The molecule has 2 amide bonds. The highest BCUT2D eigenvalue weighted by Gasteiger charge is 2.19. The van der Waals surface area contributed by atoms with Crippen molar-refractivity contribution < 1.29 is 19.5 Å². The molecule has 1 aromatic heterocycles. The molecule has 0 radical (unpaired) electrons. The van der Waals surface area contributed by atoms with Crippen molar-refractivity contribution in [1.29, 1.82) is 0 Å². The molecule has 0 spiro atoms. The Bertz CT molecular complexity index is 1160. The van der Waals surface area contributed by atoms with Crippen molar-refractivity contribution in [1.82, 2.24) is 4.57 Å². The van der Waals surface area contributed by atoms with Gasteiger partial charge in [-0.1, -0.05) is 18.2 Å². The lowest BCUT2D eigenvalue weighted by Gasteiger charge is -2.14. The van der Waals surface area contributed by atoms with Crippen LogP contribution in [0.4, 0.5) is 10.5 Å². The van der Waals surface area contributed by atoms with E-state index in [1.165, 1.54) is 18.2 Å². The Labute approximate surface area is 152 Å². The number of carboxylic acids is 1. The number of hydrogen-bond acceptors (Lipinski definition) is 4. The fraction of sp³-hybridized carbons (Fsp3) is 0.0526. The highest BCUT2D eigenvalue weighted by atomic mass is 16.4. The second-order valence-electron chi connectivity index (χ2n) is 5.91. The number of fused-ring (bicyclic) bond motifs is 1. The number of pyridine rings is 1. The summed E-state index contributed by atoms with van der Waals surface area (Å²) >= 11 is 0. The summed E-state index contributed by atoms with van der Waals surface area (Å²) in [6.07, 6.45) is 0.960. The number of rotatable bonds is 3. The molecule has 2 aromatic carbocycles. The molecule has 4 N–H and O–H groups in total. The third-order valence-electron chi connectivity index (χ3n) is 4.04. The van der Waals surface area contributed by atoms with E-state index in [1.54, 1.807) is 31.2 Å². The van der Waals surface area contributed by atoms with Crippen LogP contribution in [0.1, 0.15) is 26.3 Å². The van der Waals surface area contributed by atoms with Crippen molar-refractivity contribution in [2.45, 2.75) is 6.92 Å². The lowest BCUT2D eigenvalue weighted by Crippen LogP contribution is -2.26. The van der Waals surface area contributed by atoms with Gasteiger partial charge in [-0.2, -0.15) is 0 Å². The predicted molar refractivity (Wildman–Crippen MR) is 99.3 cm³/mol. The zero-order valence-corrected chi connectivity index (χ0v) is 14.2. The Hall–Kier alpha value is -3.94. The third kappa shape index (κ3) is 3.28. The first-order chi connectivity index (χ1) is 12.8. The number of para-hydroxylation sites is 1. The molecule has 0 saturated heterocycles. The molecule has 3 aromatic rings. The van der Waals surface area contributed by atoms with Gasteiger partial charge in [0.25, 0.3) is 5.91 Å². The largest absolute Gasteiger partial charge is 0.477 e. The van der Waals surface area contributed by atoms with Gasteiger partial charge in [-0.15, -0.1) is 0 Å². The van der Waals surface area contributed by atoms with E-state index in [2.05, 4.69) is 5.32 Å². The van der Waals surface area contributed by atoms with E-state index in [1.807, 2.05) is 0 Å². The van der Waals surface area contributed by atoms with Gasteiger partial charge in [-0.05, 0) is 36.8 Å². The number of carbonyl (C=O) groups is 3. The van der Waals surface area contributed by atoms with Crippen molar-refractivity contribution in [3.63, 3.8) is 0 Å². The SMILES string of the molecule is Cc1ccc(C(N)=O)c(NC(=O)n2cc(C(=O)O)c(=O)c3ccccc32)c1. The van der Waals surface area contributed by atoms with Crippen molar-refractivity contribution in [3.8, 4) is 0 Å². The van der Waals surface area contributed by atoms with E-state index in [0.717, 1.165) is 16.3 Å². The number of carbonyl (C=O) groups excluding carboxylic acids is 2. The summed E-state index contributed by atoms with van der Waals surface area (Å²) in [5.74, 6) is -2.16. The Morgan fingerprint density at radius 1 is 1.07 bits per heavy atom. The number of benzene rings is 2. The van der Waals surface area contributed by atoms with Crippen molar-refractivity contribution in [2.24, 2.45) is 5.73 Å². The lowest BCUT2D eigenvalue weighted by molar-refractivity contribution is 0.0695. The molecular weight excluding hydrogens is 350 g/mol. The topological polar surface area (TPSA) is 131 Å². The fourth-order valence-electron chi connectivity index (χ4n) is 2.75. The molecule has 136 valence electrons. The monoisotopic (exact) mass is 365 g/mol. The molecule has 27 heavy (non-hydrogen) atoms. The molecular formula is C19H15N3O5. The molecule has 0 unspecified atom stereocenters. The molecule has 0 aliphatic rings. The minimum absolute atomic E-state index is 0.0897. The van der Waals surface area contributed by atoms with Crippen molar-refractivity contribution in [2.75, 3.05) is 5.32 Å². The molecule has 8 nitrogen and oxygen atoms in total. The average Bonchev–Trinajstić information content (AvgIpc) is 2.61. The van der Waals surface area contributed by atoms with Gasteiger partial charge in [0.15, 0.2) is 0 Å². The van der Waals surface area contributed by atoms with E-state index in [0.29, 0.717) is 0 Å². The maximum Gasteiger partial charge on any atom is 0.341 e. The summed E-state index contributed by atoms with van der Waals surface area (Å²) in [4.78, 5) is 48.1. The van der Waals surface area contributed by atoms with E-state index in [9.17, 15) is 24.3 Å². The smallest absolute Gasteiger partial charge is 0.341 e. The van der Waals surface area contributed by atoms with Gasteiger partial charge in [-0.3, -0.25) is 14.2 Å². The number of carboxylic acid groups (broad SMARTS) is 1. The Balaban J connectivity index is 2.16. The number of aromatic carboxylic acids is 1. The minimum atomic E-state index is -1.44. The third-order valence-corrected chi connectivity index (χ3v) is 4.04. The summed E-state index contributed by atoms with van der Waals surface area (Å²) in [6, 6.07) is 10.1. The lowest BCUT2D eigenvalue weighted by atomic mass is 10.1. The van der Waals surface area contributed by atoms with Crippen LogP contribution in [0, 0.1) is 6.92 Å². The van der Waals surface area contributed by atoms with Gasteiger partial charge in [0.05, 0.1) is 16.8 Å². The summed E-state index contributed by atoms with van der Waals surface area (Å²) in [5.41, 5.74) is 5.43. The van der Waals surface area contributed by atoms with E-state index in [-0.39, 0.29) is 22.2 Å². The fourth-order valence-corrected chi connectivity index (χ4v) is 2.75. The molecule has 0 aliphatic heterocycles. The van der Waals surface area contributed by atoms with Crippen LogP contribution >= 0.6 is 0 Å². The number of amides is 2. The summed E-state index contributed by atoms with van der Waals surface area (Å²) in [7, 11) is 0. The highest BCUT2D eigenvalue weighted by Crippen LogP contribution is 2.19. The number of anilines is 1. The average molecular weight is 365 g/mol. The van der Waals surface area contributed by atoms with Crippen molar-refractivity contribution >= 4 is 34.5 Å². The number of aryl methyl sites for hydroxylation is 1. The van der Waals surface area contributed by atoms with Crippen LogP contribution in [-0.4, -0.2) is 27.6 Å². The predicted octanol–water partition coefficient (Wildman–Crippen LogP) is 2.19. The second-order valence-corrected chi connectivity index (χ2v) is 5.91. The number of nitrogens with two attached hydrogens (primary N) is 1. The zero-order chi connectivity index (χ0) is 19.7. The molecule has 0 fully saturated rings. The number of primary amides is 1. The Morgan fingerprint density at radius 3 is 2.44 bits per heavy atom. The van der Waals surface area contributed by atoms with Gasteiger partial charge in [0.1, 0.15) is 5.56 Å². The van der Waals surface area contributed by atoms with Gasteiger partial charge in [0, 0.05) is 11.6 Å². The van der Waals surface area contributed by atoms with Gasteiger partial charge in [0.2, 0.25) is 5.43 Å². The quantitative estimate of drug-likeness (QED) is 0.654. The number of aromatic nitrogens is 1. The van der Waals surface area contributed by atoms with Crippen LogP contribution in [0.15, 0.2) is 53.5 Å². The standard InChI is InChI=1S/C19H15N3O5/c1-10-6-7-11(17(20)24)14(8-10)21-19(27)22-9-13(18(25)26)16(23)12-4-2-3-5-15(12)22/h2-9H,1H3,(H2,20,24)(H,21,27)(H,25,26). The number of hydrogen-bond donors (Lipinski definition) is 3. The van der Waals surface area contributed by atoms with Crippen LogP contribution in [0.2, 0.25) is 0 Å². The zero-order valence-electron chi connectivity index (χ0n) is 14.2. The maximum absolute atomic E-state index is 12.8. The number of nitrogens with zero attached hydrogens (tertiary/aromatic N) is 1. The maximum atomic E-state index is 12.8. The number of nitrogens with one attached hydrogen (secondary N) is 1. The van der Waals surface area contributed by atoms with E-state index >= 15 is 0 Å². The first-order valence-corrected chi connectivity index (χ1v) is 7.89. The Morgan fingerprint density at radius 2 is 1.78 bits per heavy atom. The molecule has 0 bridgehead atoms. The van der Waals surface area contributed by atoms with E-state index < -0.39 is 28.9 Å². The molecule has 0 aliphatic carbocycles. The summed E-state index contributed by atoms with van der Waals surface area (Å²) < 4.78 is 1.02. The molecule has 0 atom stereocenters. The molecule has 3 rings (SSSR count). The van der Waals surface area contributed by atoms with Crippen LogP contribution in [0.25, 0.3) is 10.9 Å². The first-order valence-electron chi connectivity index (χ1n) is 7.89. The van der Waals surface area contributed by atoms with Gasteiger partial charge >= 0.3 is 12.0 Å². The van der Waals surface area contributed by atoms with Crippen LogP contribution in [-0.2, 0) is 0 Å². The Kier molecular flexibility index (Phi) is 4.47. The van der Waals surface area contributed by atoms with Gasteiger partial charge in [-0.25, -0.2) is 9.59 Å². The molecule has 0 saturated carbocycles. The second kappa shape index (κ2) is 6.75. The summed E-state index contributed by atoms with van der Waals surface area (Å²) in [5, 5.41) is 11.9. The van der Waals surface area contributed by atoms with Crippen LogP contribution < -0.4 is 16.5 Å². The van der Waals surface area contributed by atoms with Crippen LogP contribution in [0.5, 0.6) is 0 Å². The van der Waals surface area contributed by atoms with E-state index in [4.69, 9.17) is 5.73 Å². The summed E-state index contributed by atoms with van der Waals surface area (Å²) in [6.45, 7) is 1.78. The van der Waals surface area contributed by atoms with Crippen molar-refractivity contribution in [3.05, 3.63) is 75.6 Å². The minimum Gasteiger partial charge on any atom is -0.477 e. The van der Waals surface area contributed by atoms with Crippen LogP contribution in [0.3, 0.4) is 0 Å². The molecule has 8 heteroatoms. The molecule has 1 heterocycles. The first kappa shape index (κ1) is 17.9. The van der Waals surface area contributed by atoms with Gasteiger partial charge < -0.3 is 16.2 Å².